The second-order valence-electron chi connectivity index (χ2n) is 4.85. The van der Waals surface area contributed by atoms with E-state index in [2.05, 4.69) is 12.1 Å². The molecule has 0 aliphatic carbocycles. The number of hydrogen-bond acceptors (Lipinski definition) is 3. The van der Waals surface area contributed by atoms with E-state index in [4.69, 9.17) is 14.2 Å². The molecule has 3 nitrogen and oxygen atoms in total. The molecule has 2 atom stereocenters. The summed E-state index contributed by atoms with van der Waals surface area (Å²) in [7, 11) is 3.40. The minimum atomic E-state index is -0.0138. The first-order valence-corrected chi connectivity index (χ1v) is 6.74. The number of methoxy groups -OCH3 is 2. The van der Waals surface area contributed by atoms with Crippen LogP contribution in [0.25, 0.3) is 0 Å². The Kier molecular flexibility index (Phi) is 4.86. The Morgan fingerprint density at radius 2 is 1.76 bits per heavy atom. The maximum absolute atomic E-state index is 6.13. The Balaban J connectivity index is 0.00000161. The van der Waals surface area contributed by atoms with Crippen LogP contribution in [-0.4, -0.2) is 14.2 Å². The number of hydrogen-bond donors (Lipinski definition) is 0. The lowest BCUT2D eigenvalue weighted by Crippen LogP contribution is -2.20. The largest absolute Gasteiger partial charge is 0.496 e. The molecule has 0 saturated carbocycles. The molecule has 1 aliphatic rings. The maximum atomic E-state index is 6.13. The lowest BCUT2D eigenvalue weighted by atomic mass is 9.94. The Bertz CT molecular complexity index is 580. The van der Waals surface area contributed by atoms with Crippen molar-refractivity contribution in [3.63, 3.8) is 0 Å². The van der Waals surface area contributed by atoms with Gasteiger partial charge in [0, 0.05) is 13.5 Å². The molecule has 0 radical (unpaired) electrons. The standard InChI is InChI=1S/C17H18O3.CH4/c1-18-13-9-6-10-14-17(13)16(19-2)11-15(20-14)12-7-4-3-5-8-12;/h3-10,15-16H,11H2,1-2H3;1H4. The van der Waals surface area contributed by atoms with E-state index in [-0.39, 0.29) is 19.6 Å². The monoisotopic (exact) mass is 286 g/mol. The van der Waals surface area contributed by atoms with Crippen molar-refractivity contribution in [3.8, 4) is 11.5 Å². The molecule has 0 N–H and O–H groups in total. The van der Waals surface area contributed by atoms with Crippen LogP contribution in [0.1, 0.15) is 37.2 Å². The summed E-state index contributed by atoms with van der Waals surface area (Å²) >= 11 is 0. The average molecular weight is 286 g/mol. The first-order valence-electron chi connectivity index (χ1n) is 6.74. The van der Waals surface area contributed by atoms with Crippen molar-refractivity contribution in [2.45, 2.75) is 26.1 Å². The van der Waals surface area contributed by atoms with Crippen LogP contribution >= 0.6 is 0 Å². The predicted octanol–water partition coefficient (Wildman–Crippen LogP) is 4.54. The highest BCUT2D eigenvalue weighted by molar-refractivity contribution is 5.48. The van der Waals surface area contributed by atoms with Crippen LogP contribution in [0, 0.1) is 0 Å². The number of benzene rings is 2. The second kappa shape index (κ2) is 6.64. The minimum Gasteiger partial charge on any atom is -0.496 e. The lowest BCUT2D eigenvalue weighted by Gasteiger charge is -2.32. The van der Waals surface area contributed by atoms with Gasteiger partial charge in [-0.1, -0.05) is 43.8 Å². The molecule has 2 aromatic rings. The molecule has 0 bridgehead atoms. The van der Waals surface area contributed by atoms with Crippen molar-refractivity contribution in [1.29, 1.82) is 0 Å². The molecule has 1 aliphatic heterocycles. The summed E-state index contributed by atoms with van der Waals surface area (Å²) in [6.45, 7) is 0. The highest BCUT2D eigenvalue weighted by atomic mass is 16.5. The molecule has 2 aromatic carbocycles. The van der Waals surface area contributed by atoms with Gasteiger partial charge in [-0.15, -0.1) is 0 Å². The van der Waals surface area contributed by atoms with Gasteiger partial charge in [0.05, 0.1) is 18.8 Å². The van der Waals surface area contributed by atoms with Gasteiger partial charge in [-0.05, 0) is 17.7 Å². The zero-order valence-electron chi connectivity index (χ0n) is 11.7. The quantitative estimate of drug-likeness (QED) is 0.829. The van der Waals surface area contributed by atoms with Gasteiger partial charge in [0.25, 0.3) is 0 Å². The van der Waals surface area contributed by atoms with Crippen LogP contribution in [0.15, 0.2) is 48.5 Å². The van der Waals surface area contributed by atoms with Crippen LogP contribution < -0.4 is 9.47 Å². The molecule has 0 saturated heterocycles. The zero-order valence-corrected chi connectivity index (χ0v) is 11.7. The van der Waals surface area contributed by atoms with E-state index in [1.807, 2.05) is 36.4 Å². The van der Waals surface area contributed by atoms with Crippen LogP contribution in [-0.2, 0) is 4.74 Å². The third-order valence-corrected chi connectivity index (χ3v) is 3.72. The number of ether oxygens (including phenoxy) is 3. The van der Waals surface area contributed by atoms with Gasteiger partial charge in [0.1, 0.15) is 17.6 Å². The highest BCUT2D eigenvalue weighted by Crippen LogP contribution is 2.46. The fraction of sp³-hybridized carbons (Fsp3) is 0.333. The van der Waals surface area contributed by atoms with Crippen molar-refractivity contribution in [3.05, 3.63) is 59.7 Å². The van der Waals surface area contributed by atoms with Crippen molar-refractivity contribution >= 4 is 0 Å². The minimum absolute atomic E-state index is 0. The summed E-state index contributed by atoms with van der Waals surface area (Å²) in [5, 5.41) is 0. The summed E-state index contributed by atoms with van der Waals surface area (Å²) in [5.41, 5.74) is 2.17. The summed E-state index contributed by atoms with van der Waals surface area (Å²) in [6, 6.07) is 16.1. The van der Waals surface area contributed by atoms with Crippen molar-refractivity contribution in [2.75, 3.05) is 14.2 Å². The van der Waals surface area contributed by atoms with E-state index in [0.29, 0.717) is 0 Å². The van der Waals surface area contributed by atoms with Gasteiger partial charge in [-0.25, -0.2) is 0 Å². The Morgan fingerprint density at radius 3 is 2.43 bits per heavy atom. The topological polar surface area (TPSA) is 27.7 Å². The average Bonchev–Trinajstić information content (AvgIpc) is 2.53. The number of rotatable bonds is 3. The molecular formula is C18H22O3. The van der Waals surface area contributed by atoms with Crippen LogP contribution in [0.4, 0.5) is 0 Å². The second-order valence-corrected chi connectivity index (χ2v) is 4.85. The van der Waals surface area contributed by atoms with Gasteiger partial charge in [-0.2, -0.15) is 0 Å². The van der Waals surface area contributed by atoms with Crippen LogP contribution in [0.5, 0.6) is 11.5 Å². The normalized spacial score (nSPS) is 19.9. The Hall–Kier alpha value is -2.00. The molecule has 0 aromatic heterocycles. The third-order valence-electron chi connectivity index (χ3n) is 3.72. The fourth-order valence-electron chi connectivity index (χ4n) is 2.72. The van der Waals surface area contributed by atoms with Gasteiger partial charge < -0.3 is 14.2 Å². The van der Waals surface area contributed by atoms with Crippen molar-refractivity contribution < 1.29 is 14.2 Å². The molecule has 3 rings (SSSR count). The predicted molar refractivity (Wildman–Crippen MR) is 83.9 cm³/mol. The van der Waals surface area contributed by atoms with E-state index in [1.54, 1.807) is 14.2 Å². The lowest BCUT2D eigenvalue weighted by molar-refractivity contribution is 0.0281. The maximum Gasteiger partial charge on any atom is 0.129 e. The molecular weight excluding hydrogens is 264 g/mol. The summed E-state index contributed by atoms with van der Waals surface area (Å²) < 4.78 is 17.2. The zero-order chi connectivity index (χ0) is 13.9. The summed E-state index contributed by atoms with van der Waals surface area (Å²) in [5.74, 6) is 1.66. The van der Waals surface area contributed by atoms with Crippen molar-refractivity contribution in [2.24, 2.45) is 0 Å². The van der Waals surface area contributed by atoms with E-state index >= 15 is 0 Å². The summed E-state index contributed by atoms with van der Waals surface area (Å²) in [6.07, 6.45) is 0.786. The molecule has 2 unspecified atom stereocenters. The molecule has 112 valence electrons. The first-order chi connectivity index (χ1) is 9.83. The van der Waals surface area contributed by atoms with Crippen molar-refractivity contribution in [1.82, 2.24) is 0 Å². The first kappa shape index (κ1) is 15.4. The van der Waals surface area contributed by atoms with Gasteiger partial charge in [0.15, 0.2) is 0 Å². The number of fused-ring (bicyclic) bond motifs is 1. The van der Waals surface area contributed by atoms with Crippen LogP contribution in [0.3, 0.4) is 0 Å². The Morgan fingerprint density at radius 1 is 1.00 bits per heavy atom. The SMILES string of the molecule is C.COc1cccc2c1C(OC)CC(c1ccccc1)O2. The van der Waals surface area contributed by atoms with E-state index in [1.165, 1.54) is 5.56 Å². The molecule has 0 spiro atoms. The summed E-state index contributed by atoms with van der Waals surface area (Å²) in [4.78, 5) is 0. The molecule has 21 heavy (non-hydrogen) atoms. The molecule has 0 amide bonds. The highest BCUT2D eigenvalue weighted by Gasteiger charge is 2.31. The third kappa shape index (κ3) is 2.88. The van der Waals surface area contributed by atoms with Gasteiger partial charge in [0.2, 0.25) is 0 Å². The fourth-order valence-corrected chi connectivity index (χ4v) is 2.72. The molecule has 3 heteroatoms. The molecule has 0 fully saturated rings. The van der Waals surface area contributed by atoms with Gasteiger partial charge in [-0.3, -0.25) is 0 Å². The smallest absolute Gasteiger partial charge is 0.129 e. The molecule has 1 heterocycles. The van der Waals surface area contributed by atoms with E-state index in [0.717, 1.165) is 23.5 Å². The van der Waals surface area contributed by atoms with E-state index in [9.17, 15) is 0 Å². The van der Waals surface area contributed by atoms with Gasteiger partial charge >= 0.3 is 0 Å². The van der Waals surface area contributed by atoms with E-state index < -0.39 is 0 Å². The Labute approximate surface area is 126 Å². The van der Waals surface area contributed by atoms with Crippen LogP contribution in [0.2, 0.25) is 0 Å².